The number of hydrogen-bond acceptors (Lipinski definition) is 9. The first kappa shape index (κ1) is 22.8. The number of fused-ring (bicyclic) bond motifs is 2. The van der Waals surface area contributed by atoms with Gasteiger partial charge in [-0.15, -0.1) is 5.10 Å². The Balaban J connectivity index is 1.36. The molecule has 11 heteroatoms. The predicted molar refractivity (Wildman–Crippen MR) is 128 cm³/mol. The van der Waals surface area contributed by atoms with Gasteiger partial charge in [-0.3, -0.25) is 14.9 Å². The summed E-state index contributed by atoms with van der Waals surface area (Å²) in [5.74, 6) is 2.23. The maximum atomic E-state index is 13.0. The molecule has 0 N–H and O–H groups in total. The number of nitrogens with zero attached hydrogens (tertiary/aromatic N) is 5. The topological polar surface area (TPSA) is 122 Å². The first-order valence-corrected chi connectivity index (χ1v) is 11.8. The molecule has 1 aliphatic rings. The van der Waals surface area contributed by atoms with E-state index < -0.39 is 4.92 Å². The van der Waals surface area contributed by atoms with Crippen molar-refractivity contribution in [2.75, 3.05) is 14.2 Å². The van der Waals surface area contributed by atoms with Crippen molar-refractivity contribution < 1.29 is 19.2 Å². The summed E-state index contributed by atoms with van der Waals surface area (Å²) in [6, 6.07) is 12.1. The number of Topliss-reactive ketones (excluding diaryl/α,β-unsaturated/α-hetero) is 1. The van der Waals surface area contributed by atoms with Gasteiger partial charge in [0.15, 0.2) is 17.3 Å². The number of ketones is 1. The molecule has 0 bridgehead atoms. The largest absolute Gasteiger partial charge is 0.493 e. The lowest BCUT2D eigenvalue weighted by atomic mass is 9.82. The van der Waals surface area contributed by atoms with Gasteiger partial charge in [0, 0.05) is 30.5 Å². The van der Waals surface area contributed by atoms with Crippen molar-refractivity contribution in [1.82, 2.24) is 19.6 Å². The maximum absolute atomic E-state index is 13.0. The van der Waals surface area contributed by atoms with Crippen molar-refractivity contribution in [2.24, 2.45) is 0 Å². The minimum Gasteiger partial charge on any atom is -0.493 e. The van der Waals surface area contributed by atoms with E-state index in [-0.39, 0.29) is 17.4 Å². The number of ether oxygens (including phenoxy) is 2. The van der Waals surface area contributed by atoms with Gasteiger partial charge >= 0.3 is 0 Å². The number of thioether (sulfide) groups is 1. The fourth-order valence-electron chi connectivity index (χ4n) is 4.13. The molecule has 2 heterocycles. The van der Waals surface area contributed by atoms with Crippen LogP contribution >= 0.6 is 11.8 Å². The number of hydrogen-bond donors (Lipinski definition) is 0. The first-order chi connectivity index (χ1) is 16.9. The average Bonchev–Trinajstić information content (AvgIpc) is 3.27. The molecule has 0 spiro atoms. The quantitative estimate of drug-likeness (QED) is 0.212. The highest BCUT2D eigenvalue weighted by atomic mass is 32.2. The molecule has 0 unspecified atom stereocenters. The molecule has 4 aromatic rings. The molecular weight excluding hydrogens is 470 g/mol. The average molecular weight is 492 g/mol. The molecule has 0 amide bonds. The highest BCUT2D eigenvalue weighted by Crippen LogP contribution is 2.36. The van der Waals surface area contributed by atoms with Crippen LogP contribution in [0.15, 0.2) is 53.8 Å². The van der Waals surface area contributed by atoms with E-state index in [0.29, 0.717) is 52.3 Å². The van der Waals surface area contributed by atoms with Crippen molar-refractivity contribution in [3.63, 3.8) is 0 Å². The van der Waals surface area contributed by atoms with E-state index in [2.05, 4.69) is 15.1 Å². The molecule has 0 fully saturated rings. The van der Waals surface area contributed by atoms with Crippen molar-refractivity contribution in [1.29, 1.82) is 0 Å². The van der Waals surface area contributed by atoms with Crippen LogP contribution in [0.25, 0.3) is 5.78 Å². The van der Waals surface area contributed by atoms with Gasteiger partial charge in [-0.25, -0.2) is 9.50 Å². The maximum Gasteiger partial charge on any atom is 0.269 e. The number of aromatic nitrogens is 4. The molecule has 5 rings (SSSR count). The summed E-state index contributed by atoms with van der Waals surface area (Å²) < 4.78 is 12.3. The minimum atomic E-state index is -0.426. The number of nitro benzene ring substituents is 1. The Labute approximate surface area is 204 Å². The zero-order valence-electron chi connectivity index (χ0n) is 19.0. The molecule has 10 nitrogen and oxygen atoms in total. The summed E-state index contributed by atoms with van der Waals surface area (Å²) in [6.45, 7) is 0. The smallest absolute Gasteiger partial charge is 0.269 e. The van der Waals surface area contributed by atoms with Crippen LogP contribution in [0.4, 0.5) is 5.69 Å². The normalized spacial score (nSPS) is 15.1. The summed E-state index contributed by atoms with van der Waals surface area (Å²) in [6.07, 6.45) is 2.67. The standard InChI is InChI=1S/C24H21N5O5S/c1-33-21-8-5-15(11-22(21)34-2)16-9-19-18(20(30)10-16)12-28-23(25-19)26-24(27-28)35-13-14-3-6-17(7-4-14)29(31)32/h3-8,11-12,16H,9-10,13H2,1-2H3/t16-/m0/s1. The van der Waals surface area contributed by atoms with E-state index in [1.807, 2.05) is 18.2 Å². The Hall–Kier alpha value is -3.99. The first-order valence-electron chi connectivity index (χ1n) is 10.8. The third kappa shape index (κ3) is 4.54. The van der Waals surface area contributed by atoms with Crippen molar-refractivity contribution in [2.45, 2.75) is 29.7 Å². The lowest BCUT2D eigenvalue weighted by molar-refractivity contribution is -0.384. The van der Waals surface area contributed by atoms with Gasteiger partial charge in [0.2, 0.25) is 5.16 Å². The fourth-order valence-corrected chi connectivity index (χ4v) is 4.91. The van der Waals surface area contributed by atoms with Crippen LogP contribution in [0.5, 0.6) is 11.5 Å². The van der Waals surface area contributed by atoms with E-state index in [9.17, 15) is 14.9 Å². The molecular formula is C24H21N5O5S. The summed E-state index contributed by atoms with van der Waals surface area (Å²) in [5, 5.41) is 15.8. The second-order valence-corrected chi connectivity index (χ2v) is 9.04. The van der Waals surface area contributed by atoms with Crippen molar-refractivity contribution >= 4 is 29.0 Å². The fraction of sp³-hybridized carbons (Fsp3) is 0.250. The van der Waals surface area contributed by atoms with Gasteiger partial charge in [0.25, 0.3) is 11.5 Å². The summed E-state index contributed by atoms with van der Waals surface area (Å²) >= 11 is 1.40. The van der Waals surface area contributed by atoms with E-state index in [1.165, 1.54) is 28.4 Å². The number of methoxy groups -OCH3 is 2. The van der Waals surface area contributed by atoms with Crippen LogP contribution in [0, 0.1) is 10.1 Å². The third-order valence-electron chi connectivity index (χ3n) is 5.96. The Kier molecular flexibility index (Phi) is 6.08. The SMILES string of the molecule is COc1ccc([C@@H]2CC(=O)c3cn4nc(SCc5ccc([N+](=O)[O-])cc5)nc4nc3C2)cc1OC. The van der Waals surface area contributed by atoms with Crippen LogP contribution in [-0.2, 0) is 12.2 Å². The Morgan fingerprint density at radius 2 is 1.86 bits per heavy atom. The van der Waals surface area contributed by atoms with Gasteiger partial charge in [0.1, 0.15) is 0 Å². The number of carbonyl (C=O) groups excluding carboxylic acids is 1. The summed E-state index contributed by atoms with van der Waals surface area (Å²) in [7, 11) is 3.17. The van der Waals surface area contributed by atoms with Crippen LogP contribution in [-0.4, -0.2) is 44.5 Å². The van der Waals surface area contributed by atoms with Gasteiger partial charge in [-0.05, 0) is 35.6 Å². The van der Waals surface area contributed by atoms with Crippen molar-refractivity contribution in [3.8, 4) is 11.5 Å². The Bertz CT molecular complexity index is 1440. The number of nitro groups is 1. The number of non-ortho nitro benzene ring substituents is 1. The van der Waals surface area contributed by atoms with Gasteiger partial charge in [0.05, 0.1) is 30.4 Å². The molecule has 178 valence electrons. The Morgan fingerprint density at radius 1 is 1.09 bits per heavy atom. The van der Waals surface area contributed by atoms with Crippen LogP contribution in [0.2, 0.25) is 0 Å². The second kappa shape index (κ2) is 9.34. The number of carbonyl (C=O) groups is 1. The highest BCUT2D eigenvalue weighted by Gasteiger charge is 2.29. The van der Waals surface area contributed by atoms with Gasteiger partial charge in [-0.2, -0.15) is 4.98 Å². The van der Waals surface area contributed by atoms with E-state index in [0.717, 1.165) is 11.1 Å². The lowest BCUT2D eigenvalue weighted by Crippen LogP contribution is -2.21. The predicted octanol–water partition coefficient (Wildman–Crippen LogP) is 4.25. The Morgan fingerprint density at radius 3 is 2.57 bits per heavy atom. The monoisotopic (exact) mass is 491 g/mol. The molecule has 35 heavy (non-hydrogen) atoms. The molecule has 0 aliphatic heterocycles. The molecule has 2 aromatic carbocycles. The molecule has 1 atom stereocenters. The second-order valence-electron chi connectivity index (χ2n) is 8.10. The third-order valence-corrected chi connectivity index (χ3v) is 6.87. The molecule has 0 saturated carbocycles. The molecule has 0 radical (unpaired) electrons. The van der Waals surface area contributed by atoms with E-state index in [4.69, 9.17) is 9.47 Å². The molecule has 2 aromatic heterocycles. The zero-order chi connectivity index (χ0) is 24.5. The van der Waals surface area contributed by atoms with Crippen LogP contribution in [0.3, 0.4) is 0 Å². The summed E-state index contributed by atoms with van der Waals surface area (Å²) in [5.41, 5.74) is 3.22. The number of benzene rings is 2. The summed E-state index contributed by atoms with van der Waals surface area (Å²) in [4.78, 5) is 32.5. The molecule has 1 aliphatic carbocycles. The number of rotatable bonds is 7. The van der Waals surface area contributed by atoms with Crippen LogP contribution < -0.4 is 9.47 Å². The van der Waals surface area contributed by atoms with E-state index >= 15 is 0 Å². The minimum absolute atomic E-state index is 0.0102. The van der Waals surface area contributed by atoms with Gasteiger partial charge < -0.3 is 9.47 Å². The van der Waals surface area contributed by atoms with Crippen molar-refractivity contribution in [3.05, 3.63) is 81.2 Å². The lowest BCUT2D eigenvalue weighted by Gasteiger charge is -2.23. The van der Waals surface area contributed by atoms with E-state index in [1.54, 1.807) is 32.5 Å². The zero-order valence-corrected chi connectivity index (χ0v) is 19.8. The van der Waals surface area contributed by atoms with Crippen LogP contribution in [0.1, 0.15) is 39.5 Å². The van der Waals surface area contributed by atoms with Gasteiger partial charge in [-0.1, -0.05) is 30.0 Å². The molecule has 0 saturated heterocycles. The highest BCUT2D eigenvalue weighted by molar-refractivity contribution is 7.98.